The number of aryl methyl sites for hydroxylation is 1. The number of carbonyl (C=O) groups excluding carboxylic acids is 2. The molecule has 0 aliphatic carbocycles. The van der Waals surface area contributed by atoms with Gasteiger partial charge in [0.25, 0.3) is 0 Å². The van der Waals surface area contributed by atoms with Gasteiger partial charge in [-0.1, -0.05) is 6.92 Å². The highest BCUT2D eigenvalue weighted by atomic mass is 16.5. The van der Waals surface area contributed by atoms with E-state index in [1.807, 2.05) is 20.0 Å². The Kier molecular flexibility index (Phi) is 6.06. The van der Waals surface area contributed by atoms with Gasteiger partial charge in [0.05, 0.1) is 18.7 Å². The van der Waals surface area contributed by atoms with Crippen LogP contribution >= 0.6 is 0 Å². The maximum absolute atomic E-state index is 12.1. The van der Waals surface area contributed by atoms with Crippen LogP contribution in [0, 0.1) is 0 Å². The molecule has 1 N–H and O–H groups in total. The average molecular weight is 349 g/mol. The maximum atomic E-state index is 12.1. The number of nitrogens with zero attached hydrogens (tertiary/aromatic N) is 1. The van der Waals surface area contributed by atoms with Crippen LogP contribution in [0.15, 0.2) is 6.07 Å². The number of ketones is 1. The summed E-state index contributed by atoms with van der Waals surface area (Å²) in [4.78, 5) is 25.4. The number of benzene rings is 1. The normalized spacial score (nSPS) is 20.5. The van der Waals surface area contributed by atoms with E-state index in [-0.39, 0.29) is 36.1 Å². The first-order chi connectivity index (χ1) is 11.8. The first kappa shape index (κ1) is 19.2. The number of hydrogen-bond acceptors (Lipinski definition) is 6. The smallest absolute Gasteiger partial charge is 0.302 e. The van der Waals surface area contributed by atoms with Crippen LogP contribution in [0.1, 0.15) is 54.6 Å². The van der Waals surface area contributed by atoms with E-state index in [0.29, 0.717) is 23.3 Å². The number of likely N-dealkylation sites (tertiary alicyclic amines) is 1. The van der Waals surface area contributed by atoms with Crippen LogP contribution in [0.25, 0.3) is 0 Å². The van der Waals surface area contributed by atoms with Gasteiger partial charge in [0, 0.05) is 18.4 Å². The fourth-order valence-corrected chi connectivity index (χ4v) is 3.70. The number of ether oxygens (including phenoxy) is 2. The number of phenols is 1. The molecule has 2 atom stereocenters. The lowest BCUT2D eigenvalue weighted by Crippen LogP contribution is -2.34. The van der Waals surface area contributed by atoms with Gasteiger partial charge in [0.15, 0.2) is 5.78 Å². The number of rotatable bonds is 6. The second kappa shape index (κ2) is 7.87. The molecule has 0 aromatic heterocycles. The molecule has 1 aromatic carbocycles. The molecule has 0 amide bonds. The molecule has 1 aliphatic rings. The standard InChI is InChI=1S/C19H27NO5/c1-6-13-9-16(24-5)18(19(23)17(13)11(2)21)14-7-8-20(4)15(14)10-25-12(3)22/h9,14-15,23H,6-8,10H2,1-5H3/t14-,15+/m1/s1. The molecule has 1 heterocycles. The number of aromatic hydroxyl groups is 1. The summed E-state index contributed by atoms with van der Waals surface area (Å²) >= 11 is 0. The summed E-state index contributed by atoms with van der Waals surface area (Å²) in [5, 5.41) is 10.9. The lowest BCUT2D eigenvalue weighted by Gasteiger charge is -2.27. The third-order valence-electron chi connectivity index (χ3n) is 4.99. The molecule has 2 rings (SSSR count). The number of esters is 1. The van der Waals surface area contributed by atoms with Gasteiger partial charge in [0.1, 0.15) is 18.1 Å². The van der Waals surface area contributed by atoms with Crippen LogP contribution in [0.4, 0.5) is 0 Å². The number of carbonyl (C=O) groups is 2. The predicted molar refractivity (Wildman–Crippen MR) is 94.5 cm³/mol. The van der Waals surface area contributed by atoms with Crippen molar-refractivity contribution in [3.05, 3.63) is 22.8 Å². The number of methoxy groups -OCH3 is 1. The summed E-state index contributed by atoms with van der Waals surface area (Å²) in [5.41, 5.74) is 1.76. The minimum absolute atomic E-state index is 0.00294. The molecule has 1 aromatic rings. The minimum Gasteiger partial charge on any atom is -0.507 e. The van der Waals surface area contributed by atoms with Crippen LogP contribution in [0.3, 0.4) is 0 Å². The molecule has 1 saturated heterocycles. The molecule has 0 unspecified atom stereocenters. The Morgan fingerprint density at radius 3 is 2.56 bits per heavy atom. The van der Waals surface area contributed by atoms with Crippen LogP contribution in [-0.2, 0) is 16.0 Å². The summed E-state index contributed by atoms with van der Waals surface area (Å²) in [6, 6.07) is 1.77. The van der Waals surface area contributed by atoms with Gasteiger partial charge < -0.3 is 14.6 Å². The minimum atomic E-state index is -0.332. The SMILES string of the molecule is CCc1cc(OC)c([C@@H]2CCN(C)[C@H]2COC(C)=O)c(O)c1C(C)=O. The molecule has 1 fully saturated rings. The van der Waals surface area contributed by atoms with Gasteiger partial charge >= 0.3 is 5.97 Å². The Morgan fingerprint density at radius 1 is 1.36 bits per heavy atom. The van der Waals surface area contributed by atoms with Crippen molar-refractivity contribution in [2.24, 2.45) is 0 Å². The maximum Gasteiger partial charge on any atom is 0.302 e. The van der Waals surface area contributed by atoms with Crippen LogP contribution < -0.4 is 4.74 Å². The van der Waals surface area contributed by atoms with Gasteiger partial charge in [-0.3, -0.25) is 14.5 Å². The molecular formula is C19H27NO5. The third kappa shape index (κ3) is 3.79. The molecule has 138 valence electrons. The first-order valence-electron chi connectivity index (χ1n) is 8.59. The van der Waals surface area contributed by atoms with Crippen LogP contribution in [-0.4, -0.2) is 55.1 Å². The monoisotopic (exact) mass is 349 g/mol. The summed E-state index contributed by atoms with van der Waals surface area (Å²) in [5.74, 6) is -0.00487. The molecule has 6 heteroatoms. The van der Waals surface area contributed by atoms with Crippen molar-refractivity contribution in [2.75, 3.05) is 27.3 Å². The zero-order chi connectivity index (χ0) is 18.7. The van der Waals surface area contributed by atoms with E-state index in [9.17, 15) is 14.7 Å². The van der Waals surface area contributed by atoms with Gasteiger partial charge in [-0.2, -0.15) is 0 Å². The third-order valence-corrected chi connectivity index (χ3v) is 4.99. The summed E-state index contributed by atoms with van der Waals surface area (Å²) in [6.45, 7) is 5.83. The number of likely N-dealkylation sites (N-methyl/N-ethyl adjacent to an activating group) is 1. The van der Waals surface area contributed by atoms with Gasteiger partial charge in [0.2, 0.25) is 0 Å². The highest BCUT2D eigenvalue weighted by Gasteiger charge is 2.38. The fourth-order valence-electron chi connectivity index (χ4n) is 3.70. The zero-order valence-electron chi connectivity index (χ0n) is 15.6. The molecule has 0 spiro atoms. The van der Waals surface area contributed by atoms with Crippen molar-refractivity contribution in [1.82, 2.24) is 4.90 Å². The molecule has 1 aliphatic heterocycles. The molecule has 0 saturated carbocycles. The fraction of sp³-hybridized carbons (Fsp3) is 0.579. The van der Waals surface area contributed by atoms with Gasteiger partial charge in [-0.15, -0.1) is 0 Å². The Balaban J connectivity index is 2.54. The highest BCUT2D eigenvalue weighted by Crippen LogP contribution is 2.45. The van der Waals surface area contributed by atoms with E-state index in [1.54, 1.807) is 7.11 Å². The van der Waals surface area contributed by atoms with E-state index in [2.05, 4.69) is 4.90 Å². The Labute approximate surface area is 148 Å². The summed E-state index contributed by atoms with van der Waals surface area (Å²) < 4.78 is 10.7. The summed E-state index contributed by atoms with van der Waals surface area (Å²) in [6.07, 6.45) is 1.41. The molecule has 0 bridgehead atoms. The van der Waals surface area contributed by atoms with Crippen molar-refractivity contribution in [3.63, 3.8) is 0 Å². The van der Waals surface area contributed by atoms with Gasteiger partial charge in [-0.05, 0) is 45.0 Å². The van der Waals surface area contributed by atoms with Crippen molar-refractivity contribution < 1.29 is 24.2 Å². The Hall–Kier alpha value is -2.08. The van der Waals surface area contributed by atoms with E-state index in [0.717, 1.165) is 18.5 Å². The largest absolute Gasteiger partial charge is 0.507 e. The van der Waals surface area contributed by atoms with Gasteiger partial charge in [-0.25, -0.2) is 0 Å². The molecule has 0 radical (unpaired) electrons. The van der Waals surface area contributed by atoms with Crippen molar-refractivity contribution in [1.29, 1.82) is 0 Å². The summed E-state index contributed by atoms with van der Waals surface area (Å²) in [7, 11) is 3.52. The lowest BCUT2D eigenvalue weighted by molar-refractivity contribution is -0.142. The molecule has 25 heavy (non-hydrogen) atoms. The second-order valence-corrected chi connectivity index (χ2v) is 6.53. The number of phenolic OH excluding ortho intramolecular Hbond substituents is 1. The second-order valence-electron chi connectivity index (χ2n) is 6.53. The highest BCUT2D eigenvalue weighted by molar-refractivity contribution is 5.99. The predicted octanol–water partition coefficient (Wildman–Crippen LogP) is 2.52. The number of hydrogen-bond donors (Lipinski definition) is 1. The van der Waals surface area contributed by atoms with E-state index >= 15 is 0 Å². The quantitative estimate of drug-likeness (QED) is 0.628. The van der Waals surface area contributed by atoms with E-state index in [1.165, 1.54) is 13.8 Å². The topological polar surface area (TPSA) is 76.1 Å². The first-order valence-corrected chi connectivity index (χ1v) is 8.59. The number of Topliss-reactive ketones (excluding diaryl/α,β-unsaturated/α-hetero) is 1. The molecular weight excluding hydrogens is 322 g/mol. The van der Waals surface area contributed by atoms with E-state index in [4.69, 9.17) is 9.47 Å². The molecule has 6 nitrogen and oxygen atoms in total. The van der Waals surface area contributed by atoms with Crippen molar-refractivity contribution >= 4 is 11.8 Å². The zero-order valence-corrected chi connectivity index (χ0v) is 15.6. The van der Waals surface area contributed by atoms with Crippen molar-refractivity contribution in [2.45, 2.75) is 45.6 Å². The van der Waals surface area contributed by atoms with Crippen LogP contribution in [0.5, 0.6) is 11.5 Å². The average Bonchev–Trinajstić information content (AvgIpc) is 2.91. The van der Waals surface area contributed by atoms with E-state index < -0.39 is 0 Å². The van der Waals surface area contributed by atoms with Crippen LogP contribution in [0.2, 0.25) is 0 Å². The Morgan fingerprint density at radius 2 is 2.04 bits per heavy atom. The lowest BCUT2D eigenvalue weighted by atomic mass is 9.86. The Bertz CT molecular complexity index is 670. The van der Waals surface area contributed by atoms with Crippen molar-refractivity contribution in [3.8, 4) is 11.5 Å².